The molecule has 1 fully saturated rings. The molecule has 144 valence electrons. The lowest BCUT2D eigenvalue weighted by atomic mass is 9.99. The number of anilines is 1. The number of hydrogen-bond acceptors (Lipinski definition) is 4. The van der Waals surface area contributed by atoms with Crippen molar-refractivity contribution in [3.8, 4) is 0 Å². The predicted molar refractivity (Wildman–Crippen MR) is 104 cm³/mol. The molecule has 0 bridgehead atoms. The number of fused-ring (bicyclic) bond motifs is 1. The van der Waals surface area contributed by atoms with Crippen LogP contribution in [-0.2, 0) is 21.2 Å². The van der Waals surface area contributed by atoms with Crippen molar-refractivity contribution in [3.05, 3.63) is 29.8 Å². The number of carbonyl (C=O) groups excluding carboxylic acids is 1. The van der Waals surface area contributed by atoms with Gasteiger partial charge in [0.05, 0.1) is 12.2 Å². The van der Waals surface area contributed by atoms with Gasteiger partial charge in [0, 0.05) is 37.9 Å². The van der Waals surface area contributed by atoms with Crippen LogP contribution in [0.3, 0.4) is 0 Å². The Labute approximate surface area is 156 Å². The molecular weight excluding hydrogens is 350 g/mol. The molecular formula is C19H29N3O3S. The third-order valence-electron chi connectivity index (χ3n) is 5.45. The topological polar surface area (TPSA) is 69.7 Å². The van der Waals surface area contributed by atoms with E-state index < -0.39 is 10.0 Å². The number of para-hydroxylation sites is 1. The predicted octanol–water partition coefficient (Wildman–Crippen LogP) is 1.62. The van der Waals surface area contributed by atoms with Gasteiger partial charge in [-0.2, -0.15) is 0 Å². The van der Waals surface area contributed by atoms with Gasteiger partial charge in [-0.15, -0.1) is 0 Å². The molecule has 0 radical (unpaired) electrons. The zero-order chi connectivity index (χ0) is 18.7. The van der Waals surface area contributed by atoms with E-state index in [4.69, 9.17) is 0 Å². The fourth-order valence-corrected chi connectivity index (χ4v) is 4.94. The van der Waals surface area contributed by atoms with Crippen molar-refractivity contribution in [2.24, 2.45) is 5.92 Å². The third kappa shape index (κ3) is 4.38. The second-order valence-electron chi connectivity index (χ2n) is 7.48. The van der Waals surface area contributed by atoms with Gasteiger partial charge in [0.1, 0.15) is 0 Å². The first-order valence-corrected chi connectivity index (χ1v) is 11.3. The maximum Gasteiger partial charge on any atom is 0.224 e. The molecule has 0 spiro atoms. The number of nitrogens with zero attached hydrogens (tertiary/aromatic N) is 2. The van der Waals surface area contributed by atoms with Gasteiger partial charge in [0.25, 0.3) is 0 Å². The van der Waals surface area contributed by atoms with Crippen molar-refractivity contribution in [1.82, 2.24) is 9.62 Å². The molecule has 3 rings (SSSR count). The van der Waals surface area contributed by atoms with Crippen LogP contribution in [0.1, 0.15) is 31.7 Å². The lowest BCUT2D eigenvalue weighted by Crippen LogP contribution is -2.45. The summed E-state index contributed by atoms with van der Waals surface area (Å²) in [6.45, 7) is 4.61. The van der Waals surface area contributed by atoms with E-state index in [-0.39, 0.29) is 11.8 Å². The summed E-state index contributed by atoms with van der Waals surface area (Å²) in [5.41, 5.74) is 2.70. The standard InChI is InChI=1S/C19H29N3O3S/c1-15-13-16-7-3-4-9-18(16)22(15)12-6-10-20-19(23)17-8-5-11-21(14-17)26(2,24)25/h3-4,7,9,15,17H,5-6,8,10-14H2,1-2H3,(H,20,23). The summed E-state index contributed by atoms with van der Waals surface area (Å²) in [5, 5.41) is 3.00. The van der Waals surface area contributed by atoms with E-state index in [9.17, 15) is 13.2 Å². The van der Waals surface area contributed by atoms with Crippen LogP contribution in [0.4, 0.5) is 5.69 Å². The molecule has 2 unspecified atom stereocenters. The lowest BCUT2D eigenvalue weighted by molar-refractivity contribution is -0.126. The van der Waals surface area contributed by atoms with E-state index in [0.29, 0.717) is 25.7 Å². The number of nitrogens with one attached hydrogen (secondary N) is 1. The Morgan fingerprint density at radius 3 is 2.85 bits per heavy atom. The molecule has 1 aromatic carbocycles. The first-order chi connectivity index (χ1) is 12.4. The van der Waals surface area contributed by atoms with Crippen LogP contribution in [-0.4, -0.2) is 57.1 Å². The maximum absolute atomic E-state index is 12.4. The SMILES string of the molecule is CC1Cc2ccccc2N1CCCNC(=O)C1CCCN(S(C)(=O)=O)C1. The number of carbonyl (C=O) groups is 1. The summed E-state index contributed by atoms with van der Waals surface area (Å²) in [4.78, 5) is 14.8. The Kier molecular flexibility index (Phi) is 5.87. The van der Waals surface area contributed by atoms with Gasteiger partial charge in [0.2, 0.25) is 15.9 Å². The summed E-state index contributed by atoms with van der Waals surface area (Å²) in [5.74, 6) is -0.252. The summed E-state index contributed by atoms with van der Waals surface area (Å²) in [7, 11) is -3.22. The maximum atomic E-state index is 12.4. The largest absolute Gasteiger partial charge is 0.368 e. The zero-order valence-electron chi connectivity index (χ0n) is 15.6. The van der Waals surface area contributed by atoms with E-state index in [0.717, 1.165) is 32.2 Å². The fourth-order valence-electron chi connectivity index (χ4n) is 4.03. The third-order valence-corrected chi connectivity index (χ3v) is 6.72. The molecule has 0 saturated carbocycles. The van der Waals surface area contributed by atoms with Crippen LogP contribution in [0.25, 0.3) is 0 Å². The molecule has 1 N–H and O–H groups in total. The highest BCUT2D eigenvalue weighted by molar-refractivity contribution is 7.88. The van der Waals surface area contributed by atoms with Crippen LogP contribution in [0.2, 0.25) is 0 Å². The number of piperidine rings is 1. The van der Waals surface area contributed by atoms with Gasteiger partial charge in [-0.25, -0.2) is 12.7 Å². The molecule has 1 amide bonds. The lowest BCUT2D eigenvalue weighted by Gasteiger charge is -2.30. The Hall–Kier alpha value is -1.60. The molecule has 0 aromatic heterocycles. The van der Waals surface area contributed by atoms with E-state index in [2.05, 4.69) is 41.4 Å². The second kappa shape index (κ2) is 7.96. The molecule has 1 aromatic rings. The normalized spacial score (nSPS) is 23.7. The molecule has 7 heteroatoms. The van der Waals surface area contributed by atoms with Crippen LogP contribution in [0.15, 0.2) is 24.3 Å². The highest BCUT2D eigenvalue weighted by Crippen LogP contribution is 2.31. The monoisotopic (exact) mass is 379 g/mol. The average Bonchev–Trinajstić information content (AvgIpc) is 2.93. The van der Waals surface area contributed by atoms with Crippen LogP contribution in [0.5, 0.6) is 0 Å². The van der Waals surface area contributed by atoms with Crippen LogP contribution >= 0.6 is 0 Å². The van der Waals surface area contributed by atoms with Gasteiger partial charge in [-0.05, 0) is 44.2 Å². The molecule has 2 atom stereocenters. The summed E-state index contributed by atoms with van der Waals surface area (Å²) < 4.78 is 24.8. The average molecular weight is 380 g/mol. The van der Waals surface area contributed by atoms with Gasteiger partial charge >= 0.3 is 0 Å². The van der Waals surface area contributed by atoms with Crippen LogP contribution in [0, 0.1) is 5.92 Å². The highest BCUT2D eigenvalue weighted by Gasteiger charge is 2.30. The number of hydrogen-bond donors (Lipinski definition) is 1. The zero-order valence-corrected chi connectivity index (χ0v) is 16.5. The Balaban J connectivity index is 1.44. The van der Waals surface area contributed by atoms with Gasteiger partial charge < -0.3 is 10.2 Å². The van der Waals surface area contributed by atoms with Gasteiger partial charge in [-0.3, -0.25) is 4.79 Å². The minimum atomic E-state index is -3.22. The summed E-state index contributed by atoms with van der Waals surface area (Å²) >= 11 is 0. The summed E-state index contributed by atoms with van der Waals surface area (Å²) in [6.07, 6.45) is 4.67. The minimum absolute atomic E-state index is 0.0202. The van der Waals surface area contributed by atoms with E-state index >= 15 is 0 Å². The number of sulfonamides is 1. The first kappa shape index (κ1) is 19.2. The van der Waals surface area contributed by atoms with Crippen molar-refractivity contribution < 1.29 is 13.2 Å². The quantitative estimate of drug-likeness (QED) is 0.763. The van der Waals surface area contributed by atoms with E-state index in [1.54, 1.807) is 0 Å². The minimum Gasteiger partial charge on any atom is -0.368 e. The Morgan fingerprint density at radius 2 is 2.08 bits per heavy atom. The number of benzene rings is 1. The van der Waals surface area contributed by atoms with Gasteiger partial charge in [0.15, 0.2) is 0 Å². The molecule has 2 heterocycles. The fraction of sp³-hybridized carbons (Fsp3) is 0.632. The Bertz CT molecular complexity index is 750. The molecule has 26 heavy (non-hydrogen) atoms. The number of amides is 1. The van der Waals surface area contributed by atoms with E-state index in [1.807, 2.05) is 0 Å². The smallest absolute Gasteiger partial charge is 0.224 e. The Morgan fingerprint density at radius 1 is 1.31 bits per heavy atom. The highest BCUT2D eigenvalue weighted by atomic mass is 32.2. The number of rotatable bonds is 6. The van der Waals surface area contributed by atoms with Gasteiger partial charge in [-0.1, -0.05) is 18.2 Å². The molecule has 6 nitrogen and oxygen atoms in total. The van der Waals surface area contributed by atoms with Crippen molar-refractivity contribution in [2.75, 3.05) is 37.3 Å². The molecule has 2 aliphatic heterocycles. The summed E-state index contributed by atoms with van der Waals surface area (Å²) in [6, 6.07) is 9.00. The molecule has 1 saturated heterocycles. The van der Waals surface area contributed by atoms with Crippen molar-refractivity contribution in [1.29, 1.82) is 0 Å². The molecule has 2 aliphatic rings. The van der Waals surface area contributed by atoms with E-state index in [1.165, 1.54) is 21.8 Å². The van der Waals surface area contributed by atoms with Crippen molar-refractivity contribution in [3.63, 3.8) is 0 Å². The van der Waals surface area contributed by atoms with Crippen LogP contribution < -0.4 is 10.2 Å². The van der Waals surface area contributed by atoms with Crippen molar-refractivity contribution >= 4 is 21.6 Å². The first-order valence-electron chi connectivity index (χ1n) is 9.43. The second-order valence-corrected chi connectivity index (χ2v) is 9.46. The van der Waals surface area contributed by atoms with Crippen molar-refractivity contribution in [2.45, 2.75) is 38.6 Å². The molecule has 0 aliphatic carbocycles.